The fraction of sp³-hybridized carbons (Fsp3) is 0. The van der Waals surface area contributed by atoms with Crippen molar-refractivity contribution >= 4 is 54.6 Å². The molecular formula is C8H5BrClNS. The minimum atomic E-state index is 0.726. The summed E-state index contributed by atoms with van der Waals surface area (Å²) in [5.74, 6) is 0. The molecule has 0 atom stereocenters. The first-order chi connectivity index (χ1) is 5.70. The summed E-state index contributed by atoms with van der Waals surface area (Å²) in [5.41, 5.74) is 6.55. The molecule has 0 spiro atoms. The maximum absolute atomic E-state index is 5.92. The summed E-state index contributed by atoms with van der Waals surface area (Å²) in [6.07, 6.45) is 0. The number of halogens is 2. The summed E-state index contributed by atoms with van der Waals surface area (Å²) in [6.45, 7) is 0. The van der Waals surface area contributed by atoms with Gasteiger partial charge in [-0.3, -0.25) is 0 Å². The molecule has 4 heteroatoms. The number of benzene rings is 1. The molecule has 2 rings (SSSR count). The molecule has 0 amide bonds. The van der Waals surface area contributed by atoms with E-state index in [-0.39, 0.29) is 0 Å². The molecule has 0 bridgehead atoms. The van der Waals surface area contributed by atoms with E-state index in [4.69, 9.17) is 17.3 Å². The lowest BCUT2D eigenvalue weighted by Gasteiger charge is -1.96. The van der Waals surface area contributed by atoms with Crippen molar-refractivity contribution in [2.24, 2.45) is 0 Å². The number of anilines is 1. The molecule has 1 aromatic carbocycles. The van der Waals surface area contributed by atoms with Crippen molar-refractivity contribution in [1.82, 2.24) is 0 Å². The number of hydrogen-bond acceptors (Lipinski definition) is 2. The molecule has 0 aliphatic carbocycles. The van der Waals surface area contributed by atoms with Crippen molar-refractivity contribution in [2.75, 3.05) is 5.73 Å². The van der Waals surface area contributed by atoms with E-state index in [1.807, 2.05) is 17.5 Å². The van der Waals surface area contributed by atoms with Gasteiger partial charge in [0.05, 0.1) is 19.9 Å². The van der Waals surface area contributed by atoms with Gasteiger partial charge in [-0.05, 0) is 28.1 Å². The Bertz CT molecular complexity index is 438. The quantitative estimate of drug-likeness (QED) is 0.765. The molecule has 2 aromatic rings. The molecule has 62 valence electrons. The molecule has 12 heavy (non-hydrogen) atoms. The first-order valence-corrected chi connectivity index (χ1v) is 5.36. The maximum Gasteiger partial charge on any atom is 0.0562 e. The van der Waals surface area contributed by atoms with Crippen LogP contribution in [0, 0.1) is 0 Å². The van der Waals surface area contributed by atoms with E-state index < -0.39 is 0 Å². The van der Waals surface area contributed by atoms with Crippen molar-refractivity contribution in [1.29, 1.82) is 0 Å². The minimum Gasteiger partial charge on any atom is -0.398 e. The average molecular weight is 263 g/mol. The van der Waals surface area contributed by atoms with Gasteiger partial charge < -0.3 is 5.73 Å². The molecule has 0 unspecified atom stereocenters. The van der Waals surface area contributed by atoms with Crippen LogP contribution >= 0.6 is 38.9 Å². The monoisotopic (exact) mass is 261 g/mol. The standard InChI is InChI=1S/C8H5BrClNS/c9-7-5(10)2-1-4-6(11)3-12-8(4)7/h1-3H,11H2. The number of nitrogens with two attached hydrogens (primary N) is 1. The number of nitrogen functional groups attached to an aromatic ring is 1. The predicted octanol–water partition coefficient (Wildman–Crippen LogP) is 3.90. The molecule has 0 aliphatic rings. The molecule has 1 heterocycles. The maximum atomic E-state index is 5.92. The lowest BCUT2D eigenvalue weighted by Crippen LogP contribution is -1.79. The Balaban J connectivity index is 2.93. The van der Waals surface area contributed by atoms with Gasteiger partial charge in [-0.25, -0.2) is 0 Å². The Kier molecular flexibility index (Phi) is 2.02. The number of hydrogen-bond donors (Lipinski definition) is 1. The van der Waals surface area contributed by atoms with Crippen LogP contribution in [0.25, 0.3) is 10.1 Å². The van der Waals surface area contributed by atoms with Crippen molar-refractivity contribution < 1.29 is 0 Å². The number of fused-ring (bicyclic) bond motifs is 1. The third kappa shape index (κ3) is 1.13. The SMILES string of the molecule is Nc1csc2c(Br)c(Cl)ccc12. The molecule has 0 saturated carbocycles. The average Bonchev–Trinajstić information content (AvgIpc) is 2.41. The van der Waals surface area contributed by atoms with Crippen molar-refractivity contribution in [3.63, 3.8) is 0 Å². The lowest BCUT2D eigenvalue weighted by atomic mass is 10.2. The Labute approximate surface area is 87.3 Å². The summed E-state index contributed by atoms with van der Waals surface area (Å²) in [4.78, 5) is 0. The van der Waals surface area contributed by atoms with Crippen LogP contribution in [0.4, 0.5) is 5.69 Å². The summed E-state index contributed by atoms with van der Waals surface area (Å²) in [7, 11) is 0. The number of rotatable bonds is 0. The van der Waals surface area contributed by atoms with Gasteiger partial charge in [0.15, 0.2) is 0 Å². The van der Waals surface area contributed by atoms with Crippen LogP contribution in [-0.2, 0) is 0 Å². The van der Waals surface area contributed by atoms with E-state index in [9.17, 15) is 0 Å². The van der Waals surface area contributed by atoms with Crippen LogP contribution in [0.1, 0.15) is 0 Å². The summed E-state index contributed by atoms with van der Waals surface area (Å²) < 4.78 is 2.04. The molecule has 1 nitrogen and oxygen atoms in total. The number of thiophene rings is 1. The van der Waals surface area contributed by atoms with E-state index in [1.54, 1.807) is 11.3 Å². The van der Waals surface area contributed by atoms with Gasteiger partial charge in [0.2, 0.25) is 0 Å². The van der Waals surface area contributed by atoms with Gasteiger partial charge in [0.25, 0.3) is 0 Å². The van der Waals surface area contributed by atoms with Gasteiger partial charge in [0.1, 0.15) is 0 Å². The molecule has 2 N–H and O–H groups in total. The molecule has 0 saturated heterocycles. The largest absolute Gasteiger partial charge is 0.398 e. The Morgan fingerprint density at radius 2 is 2.17 bits per heavy atom. The first kappa shape index (κ1) is 8.35. The van der Waals surface area contributed by atoms with Crippen LogP contribution in [0.3, 0.4) is 0 Å². The van der Waals surface area contributed by atoms with Gasteiger partial charge in [0, 0.05) is 10.8 Å². The van der Waals surface area contributed by atoms with Crippen molar-refractivity contribution in [3.8, 4) is 0 Å². The zero-order valence-corrected chi connectivity index (χ0v) is 9.13. The zero-order valence-electron chi connectivity index (χ0n) is 5.97. The van der Waals surface area contributed by atoms with Crippen LogP contribution < -0.4 is 5.73 Å². The highest BCUT2D eigenvalue weighted by atomic mass is 79.9. The highest BCUT2D eigenvalue weighted by Crippen LogP contribution is 2.37. The molecule has 0 radical (unpaired) electrons. The molecule has 0 aliphatic heterocycles. The Hall–Kier alpha value is -0.250. The second-order valence-electron chi connectivity index (χ2n) is 2.43. The smallest absolute Gasteiger partial charge is 0.0562 e. The summed E-state index contributed by atoms with van der Waals surface area (Å²) in [5, 5.41) is 3.71. The zero-order chi connectivity index (χ0) is 8.72. The van der Waals surface area contributed by atoms with Crippen molar-refractivity contribution in [3.05, 3.63) is 27.0 Å². The second kappa shape index (κ2) is 2.91. The molecule has 0 fully saturated rings. The lowest BCUT2D eigenvalue weighted by molar-refractivity contribution is 1.78. The van der Waals surface area contributed by atoms with Crippen LogP contribution in [-0.4, -0.2) is 0 Å². The highest BCUT2D eigenvalue weighted by Gasteiger charge is 2.06. The normalized spacial score (nSPS) is 10.8. The van der Waals surface area contributed by atoms with E-state index in [0.29, 0.717) is 0 Å². The van der Waals surface area contributed by atoms with Gasteiger partial charge >= 0.3 is 0 Å². The van der Waals surface area contributed by atoms with Gasteiger partial charge in [-0.15, -0.1) is 11.3 Å². The van der Waals surface area contributed by atoms with Crippen molar-refractivity contribution in [2.45, 2.75) is 0 Å². The topological polar surface area (TPSA) is 26.0 Å². The molecule has 1 aromatic heterocycles. The third-order valence-electron chi connectivity index (χ3n) is 1.66. The van der Waals surface area contributed by atoms with Crippen LogP contribution in [0.2, 0.25) is 5.02 Å². The second-order valence-corrected chi connectivity index (χ2v) is 4.51. The highest BCUT2D eigenvalue weighted by molar-refractivity contribution is 9.10. The Morgan fingerprint density at radius 1 is 1.42 bits per heavy atom. The van der Waals surface area contributed by atoms with E-state index >= 15 is 0 Å². The van der Waals surface area contributed by atoms with Crippen LogP contribution in [0.15, 0.2) is 22.0 Å². The van der Waals surface area contributed by atoms with E-state index in [1.165, 1.54) is 0 Å². The van der Waals surface area contributed by atoms with Crippen LogP contribution in [0.5, 0.6) is 0 Å². The minimum absolute atomic E-state index is 0.726. The first-order valence-electron chi connectivity index (χ1n) is 3.31. The summed E-state index contributed by atoms with van der Waals surface area (Å²) >= 11 is 10.9. The fourth-order valence-corrected chi connectivity index (χ4v) is 2.80. The van der Waals surface area contributed by atoms with Gasteiger partial charge in [-0.1, -0.05) is 11.6 Å². The third-order valence-corrected chi connectivity index (χ3v) is 4.33. The molecular weight excluding hydrogens is 258 g/mol. The Morgan fingerprint density at radius 3 is 2.92 bits per heavy atom. The summed E-state index contributed by atoms with van der Waals surface area (Å²) in [6, 6.07) is 3.78. The van der Waals surface area contributed by atoms with Gasteiger partial charge in [-0.2, -0.15) is 0 Å². The predicted molar refractivity (Wildman–Crippen MR) is 58.9 cm³/mol. The van der Waals surface area contributed by atoms with E-state index in [2.05, 4.69) is 15.9 Å². The fourth-order valence-electron chi connectivity index (χ4n) is 1.06. The van der Waals surface area contributed by atoms with E-state index in [0.717, 1.165) is 25.3 Å².